The van der Waals surface area contributed by atoms with Crippen molar-refractivity contribution >= 4 is 17.2 Å². The SMILES string of the molecule is O=C(NCc1ccc(COc2ccccc2)cc1)c1ccc(-c2cccs2)[nH]c1=O. The molecule has 0 saturated carbocycles. The number of para-hydroxylation sites is 1. The average Bonchev–Trinajstić information content (AvgIpc) is 3.32. The molecule has 0 atom stereocenters. The highest BCUT2D eigenvalue weighted by Crippen LogP contribution is 2.21. The fourth-order valence-corrected chi connectivity index (χ4v) is 3.65. The van der Waals surface area contributed by atoms with Crippen LogP contribution in [0.5, 0.6) is 5.75 Å². The van der Waals surface area contributed by atoms with E-state index >= 15 is 0 Å². The van der Waals surface area contributed by atoms with Gasteiger partial charge in [0.15, 0.2) is 0 Å². The minimum atomic E-state index is -0.398. The van der Waals surface area contributed by atoms with Crippen LogP contribution in [0.15, 0.2) is 89.0 Å². The summed E-state index contributed by atoms with van der Waals surface area (Å²) in [5, 5.41) is 4.74. The maximum Gasteiger partial charge on any atom is 0.261 e. The molecular weight excluding hydrogens is 396 g/mol. The van der Waals surface area contributed by atoms with Crippen LogP contribution in [0.4, 0.5) is 0 Å². The first-order valence-electron chi connectivity index (χ1n) is 9.50. The van der Waals surface area contributed by atoms with Gasteiger partial charge in [0.2, 0.25) is 0 Å². The van der Waals surface area contributed by atoms with E-state index in [1.54, 1.807) is 12.1 Å². The molecule has 4 aromatic rings. The number of H-pyrrole nitrogens is 1. The summed E-state index contributed by atoms with van der Waals surface area (Å²) in [7, 11) is 0. The Hall–Kier alpha value is -3.64. The lowest BCUT2D eigenvalue weighted by Gasteiger charge is -2.08. The largest absolute Gasteiger partial charge is 0.489 e. The van der Waals surface area contributed by atoms with Crippen LogP contribution in [0.2, 0.25) is 0 Å². The number of carbonyl (C=O) groups is 1. The number of rotatable bonds is 7. The number of thiophene rings is 1. The molecule has 150 valence electrons. The molecule has 0 fully saturated rings. The average molecular weight is 417 g/mol. The van der Waals surface area contributed by atoms with Gasteiger partial charge in [-0.2, -0.15) is 0 Å². The van der Waals surface area contributed by atoms with E-state index in [4.69, 9.17) is 4.74 Å². The second-order valence-corrected chi connectivity index (χ2v) is 7.64. The summed E-state index contributed by atoms with van der Waals surface area (Å²) in [6, 6.07) is 24.6. The van der Waals surface area contributed by atoms with Crippen molar-refractivity contribution in [3.05, 3.63) is 111 Å². The third-order valence-corrected chi connectivity index (χ3v) is 5.47. The van der Waals surface area contributed by atoms with Gasteiger partial charge in [0.05, 0.1) is 10.6 Å². The summed E-state index contributed by atoms with van der Waals surface area (Å²) in [6.45, 7) is 0.813. The zero-order valence-corrected chi connectivity index (χ0v) is 16.9. The first-order valence-corrected chi connectivity index (χ1v) is 10.4. The monoisotopic (exact) mass is 416 g/mol. The van der Waals surface area contributed by atoms with Crippen molar-refractivity contribution in [2.45, 2.75) is 13.2 Å². The lowest BCUT2D eigenvalue weighted by Crippen LogP contribution is -2.29. The van der Waals surface area contributed by atoms with Crippen molar-refractivity contribution < 1.29 is 9.53 Å². The molecule has 30 heavy (non-hydrogen) atoms. The van der Waals surface area contributed by atoms with Gasteiger partial charge in [-0.05, 0) is 46.8 Å². The molecule has 0 saturated heterocycles. The van der Waals surface area contributed by atoms with Crippen LogP contribution in [0.25, 0.3) is 10.6 Å². The van der Waals surface area contributed by atoms with Gasteiger partial charge in [-0.1, -0.05) is 48.5 Å². The number of aromatic nitrogens is 1. The van der Waals surface area contributed by atoms with Crippen molar-refractivity contribution in [3.63, 3.8) is 0 Å². The minimum Gasteiger partial charge on any atom is -0.489 e. The predicted octanol–water partition coefficient (Wildman–Crippen LogP) is 4.61. The van der Waals surface area contributed by atoms with E-state index < -0.39 is 11.5 Å². The summed E-state index contributed by atoms with van der Waals surface area (Å²) in [5.74, 6) is 0.426. The van der Waals surface area contributed by atoms with Gasteiger partial charge < -0.3 is 15.0 Å². The Morgan fingerprint density at radius 3 is 2.37 bits per heavy atom. The normalized spacial score (nSPS) is 10.5. The van der Waals surface area contributed by atoms with Crippen LogP contribution >= 0.6 is 11.3 Å². The molecule has 2 heterocycles. The van der Waals surface area contributed by atoms with Crippen molar-refractivity contribution in [2.24, 2.45) is 0 Å². The molecule has 2 aromatic carbocycles. The number of aromatic amines is 1. The molecule has 5 nitrogen and oxygen atoms in total. The van der Waals surface area contributed by atoms with Crippen molar-refractivity contribution in [1.82, 2.24) is 10.3 Å². The van der Waals surface area contributed by atoms with Crippen LogP contribution in [0.1, 0.15) is 21.5 Å². The molecule has 0 aliphatic heterocycles. The third kappa shape index (κ3) is 4.85. The van der Waals surface area contributed by atoms with Gasteiger partial charge in [0.25, 0.3) is 11.5 Å². The molecule has 6 heteroatoms. The molecule has 0 aliphatic rings. The number of hydrogen-bond donors (Lipinski definition) is 2. The molecule has 4 rings (SSSR count). The van der Waals surface area contributed by atoms with Gasteiger partial charge in [0, 0.05) is 6.54 Å². The molecule has 0 spiro atoms. The molecule has 0 bridgehead atoms. The summed E-state index contributed by atoms with van der Waals surface area (Å²) >= 11 is 1.53. The highest BCUT2D eigenvalue weighted by atomic mass is 32.1. The topological polar surface area (TPSA) is 71.2 Å². The maximum absolute atomic E-state index is 12.4. The number of amides is 1. The summed E-state index contributed by atoms with van der Waals surface area (Å²) in [4.78, 5) is 28.4. The quantitative estimate of drug-likeness (QED) is 0.462. The van der Waals surface area contributed by atoms with E-state index in [1.807, 2.05) is 72.1 Å². The summed E-state index contributed by atoms with van der Waals surface area (Å²) < 4.78 is 5.73. The maximum atomic E-state index is 12.4. The fourth-order valence-electron chi connectivity index (χ4n) is 2.94. The Morgan fingerprint density at radius 1 is 0.900 bits per heavy atom. The summed E-state index contributed by atoms with van der Waals surface area (Å²) in [6.07, 6.45) is 0. The van der Waals surface area contributed by atoms with Crippen molar-refractivity contribution in [1.29, 1.82) is 0 Å². The van der Waals surface area contributed by atoms with Gasteiger partial charge in [-0.15, -0.1) is 11.3 Å². The van der Waals surface area contributed by atoms with Gasteiger partial charge in [-0.3, -0.25) is 9.59 Å². The van der Waals surface area contributed by atoms with E-state index in [9.17, 15) is 9.59 Å². The second kappa shape index (κ2) is 9.24. The molecule has 2 aromatic heterocycles. The lowest BCUT2D eigenvalue weighted by molar-refractivity contribution is 0.0949. The van der Waals surface area contributed by atoms with Crippen LogP contribution in [0.3, 0.4) is 0 Å². The highest BCUT2D eigenvalue weighted by Gasteiger charge is 2.11. The summed E-state index contributed by atoms with van der Waals surface area (Å²) in [5.41, 5.74) is 2.39. The van der Waals surface area contributed by atoms with Crippen molar-refractivity contribution in [3.8, 4) is 16.3 Å². The van der Waals surface area contributed by atoms with Gasteiger partial charge in [-0.25, -0.2) is 0 Å². The lowest BCUT2D eigenvalue weighted by atomic mass is 10.1. The first kappa shape index (κ1) is 19.7. The zero-order valence-electron chi connectivity index (χ0n) is 16.1. The number of ether oxygens (including phenoxy) is 1. The fraction of sp³-hybridized carbons (Fsp3) is 0.0833. The van der Waals surface area contributed by atoms with E-state index in [0.29, 0.717) is 18.8 Å². The van der Waals surface area contributed by atoms with Gasteiger partial charge in [0.1, 0.15) is 17.9 Å². The van der Waals surface area contributed by atoms with E-state index in [0.717, 1.165) is 21.8 Å². The Labute approximate surface area is 178 Å². The smallest absolute Gasteiger partial charge is 0.261 e. The van der Waals surface area contributed by atoms with Crippen LogP contribution < -0.4 is 15.6 Å². The molecule has 0 radical (unpaired) electrons. The Kier molecular flexibility index (Phi) is 6.06. The van der Waals surface area contributed by atoms with E-state index in [2.05, 4.69) is 10.3 Å². The Bertz CT molecular complexity index is 1170. The standard InChI is InChI=1S/C24H20N2O3S/c27-23(20-12-13-21(26-24(20)28)22-7-4-14-30-22)25-15-17-8-10-18(11-9-17)16-29-19-5-2-1-3-6-19/h1-14H,15-16H2,(H,25,27)(H,26,28). The number of nitrogens with one attached hydrogen (secondary N) is 2. The first-order chi connectivity index (χ1) is 14.7. The molecule has 2 N–H and O–H groups in total. The van der Waals surface area contributed by atoms with Crippen LogP contribution in [-0.4, -0.2) is 10.9 Å². The molecule has 0 aliphatic carbocycles. The number of pyridine rings is 1. The van der Waals surface area contributed by atoms with E-state index in [-0.39, 0.29) is 5.56 Å². The zero-order chi connectivity index (χ0) is 20.8. The van der Waals surface area contributed by atoms with Crippen LogP contribution in [-0.2, 0) is 13.2 Å². The second-order valence-electron chi connectivity index (χ2n) is 6.69. The van der Waals surface area contributed by atoms with Gasteiger partial charge >= 0.3 is 0 Å². The molecule has 1 amide bonds. The highest BCUT2D eigenvalue weighted by molar-refractivity contribution is 7.13. The molecular formula is C24H20N2O3S. The Balaban J connectivity index is 1.33. The number of benzene rings is 2. The van der Waals surface area contributed by atoms with E-state index in [1.165, 1.54) is 11.3 Å². The predicted molar refractivity (Wildman–Crippen MR) is 119 cm³/mol. The molecule has 0 unspecified atom stereocenters. The van der Waals surface area contributed by atoms with Crippen LogP contribution in [0, 0.1) is 0 Å². The number of hydrogen-bond acceptors (Lipinski definition) is 4. The van der Waals surface area contributed by atoms with Crippen molar-refractivity contribution in [2.75, 3.05) is 0 Å². The minimum absolute atomic E-state index is 0.100. The Morgan fingerprint density at radius 2 is 1.67 bits per heavy atom. The third-order valence-electron chi connectivity index (χ3n) is 4.57. The number of carbonyl (C=O) groups excluding carboxylic acids is 1.